The van der Waals surface area contributed by atoms with Gasteiger partial charge in [-0.1, -0.05) is 61.8 Å². The van der Waals surface area contributed by atoms with E-state index in [1.807, 2.05) is 24.3 Å². The SMILES string of the molecule is CC(C)CCNC(=O)C(=Cc1ccccc1Br)C(=O)NCCC(C)C. The molecule has 0 heterocycles. The van der Waals surface area contributed by atoms with E-state index in [0.29, 0.717) is 24.9 Å². The fourth-order valence-electron chi connectivity index (χ4n) is 2.12. The van der Waals surface area contributed by atoms with Gasteiger partial charge in [-0.2, -0.15) is 0 Å². The summed E-state index contributed by atoms with van der Waals surface area (Å²) in [6.45, 7) is 9.52. The van der Waals surface area contributed by atoms with Gasteiger partial charge in [-0.15, -0.1) is 0 Å². The van der Waals surface area contributed by atoms with Crippen LogP contribution < -0.4 is 10.6 Å². The Kier molecular flexibility index (Phi) is 9.50. The zero-order valence-electron chi connectivity index (χ0n) is 15.6. The van der Waals surface area contributed by atoms with Crippen molar-refractivity contribution >= 4 is 33.8 Å². The first-order chi connectivity index (χ1) is 11.8. The van der Waals surface area contributed by atoms with Crippen LogP contribution in [0.2, 0.25) is 0 Å². The molecule has 0 aliphatic heterocycles. The van der Waals surface area contributed by atoms with Crippen LogP contribution in [0.4, 0.5) is 0 Å². The monoisotopic (exact) mass is 408 g/mol. The number of benzene rings is 1. The summed E-state index contributed by atoms with van der Waals surface area (Å²) >= 11 is 3.46. The van der Waals surface area contributed by atoms with Gasteiger partial charge in [0.1, 0.15) is 5.57 Å². The predicted molar refractivity (Wildman–Crippen MR) is 107 cm³/mol. The second-order valence-corrected chi connectivity index (χ2v) is 7.81. The fourth-order valence-corrected chi connectivity index (χ4v) is 2.52. The van der Waals surface area contributed by atoms with Gasteiger partial charge in [0.25, 0.3) is 11.8 Å². The van der Waals surface area contributed by atoms with Crippen LogP contribution in [0.5, 0.6) is 0 Å². The van der Waals surface area contributed by atoms with Crippen LogP contribution in [-0.4, -0.2) is 24.9 Å². The molecule has 0 fully saturated rings. The number of rotatable bonds is 9. The molecule has 2 amide bonds. The van der Waals surface area contributed by atoms with E-state index in [4.69, 9.17) is 0 Å². The maximum absolute atomic E-state index is 12.5. The van der Waals surface area contributed by atoms with E-state index in [9.17, 15) is 9.59 Å². The van der Waals surface area contributed by atoms with Crippen molar-refractivity contribution in [2.75, 3.05) is 13.1 Å². The lowest BCUT2D eigenvalue weighted by molar-refractivity contribution is -0.123. The Labute approximate surface area is 159 Å². The quantitative estimate of drug-likeness (QED) is 0.366. The van der Waals surface area contributed by atoms with E-state index in [-0.39, 0.29) is 17.4 Å². The molecule has 1 aromatic carbocycles. The van der Waals surface area contributed by atoms with Gasteiger partial charge < -0.3 is 10.6 Å². The lowest BCUT2D eigenvalue weighted by Crippen LogP contribution is -2.36. The molecule has 0 aliphatic carbocycles. The molecule has 0 radical (unpaired) electrons. The molecule has 138 valence electrons. The summed E-state index contributed by atoms with van der Waals surface area (Å²) in [6, 6.07) is 7.53. The second-order valence-electron chi connectivity index (χ2n) is 6.96. The maximum atomic E-state index is 12.5. The average molecular weight is 409 g/mol. The van der Waals surface area contributed by atoms with Gasteiger partial charge >= 0.3 is 0 Å². The Morgan fingerprint density at radius 3 is 1.88 bits per heavy atom. The number of amides is 2. The van der Waals surface area contributed by atoms with E-state index >= 15 is 0 Å². The topological polar surface area (TPSA) is 58.2 Å². The highest BCUT2D eigenvalue weighted by Gasteiger charge is 2.18. The highest BCUT2D eigenvalue weighted by atomic mass is 79.9. The summed E-state index contributed by atoms with van der Waals surface area (Å²) in [6.07, 6.45) is 3.39. The van der Waals surface area contributed by atoms with Crippen molar-refractivity contribution in [2.45, 2.75) is 40.5 Å². The number of halogens is 1. The van der Waals surface area contributed by atoms with Crippen molar-refractivity contribution in [3.05, 3.63) is 39.9 Å². The fraction of sp³-hybridized carbons (Fsp3) is 0.500. The maximum Gasteiger partial charge on any atom is 0.256 e. The molecular formula is C20H29BrN2O2. The molecular weight excluding hydrogens is 380 g/mol. The first kappa shape index (κ1) is 21.4. The van der Waals surface area contributed by atoms with E-state index in [2.05, 4.69) is 54.3 Å². The third kappa shape index (κ3) is 8.34. The van der Waals surface area contributed by atoms with Gasteiger partial charge in [-0.25, -0.2) is 0 Å². The molecule has 0 bridgehead atoms. The van der Waals surface area contributed by atoms with Crippen molar-refractivity contribution in [3.63, 3.8) is 0 Å². The van der Waals surface area contributed by atoms with Crippen molar-refractivity contribution < 1.29 is 9.59 Å². The van der Waals surface area contributed by atoms with Crippen LogP contribution in [0.25, 0.3) is 6.08 Å². The average Bonchev–Trinajstić information content (AvgIpc) is 2.53. The standard InChI is InChI=1S/C20H29BrN2O2/c1-14(2)9-11-22-19(24)17(20(25)23-12-10-15(3)4)13-16-7-5-6-8-18(16)21/h5-8,13-15H,9-12H2,1-4H3,(H,22,24)(H,23,25). The molecule has 0 aliphatic rings. The Bertz CT molecular complexity index is 581. The molecule has 5 heteroatoms. The number of carbonyl (C=O) groups is 2. The van der Waals surface area contributed by atoms with Gasteiger partial charge in [0.2, 0.25) is 0 Å². The Morgan fingerprint density at radius 1 is 0.960 bits per heavy atom. The van der Waals surface area contributed by atoms with Gasteiger partial charge in [0, 0.05) is 17.6 Å². The molecule has 2 N–H and O–H groups in total. The molecule has 0 atom stereocenters. The van der Waals surface area contributed by atoms with Crippen LogP contribution in [0.1, 0.15) is 46.1 Å². The van der Waals surface area contributed by atoms with Crippen molar-refractivity contribution in [1.82, 2.24) is 10.6 Å². The van der Waals surface area contributed by atoms with Crippen LogP contribution in [-0.2, 0) is 9.59 Å². The minimum Gasteiger partial charge on any atom is -0.352 e. The van der Waals surface area contributed by atoms with Crippen molar-refractivity contribution in [3.8, 4) is 0 Å². The molecule has 0 saturated carbocycles. The highest BCUT2D eigenvalue weighted by Crippen LogP contribution is 2.19. The molecule has 0 unspecified atom stereocenters. The summed E-state index contributed by atoms with van der Waals surface area (Å²) in [5.74, 6) is 0.323. The third-order valence-corrected chi connectivity index (χ3v) is 4.43. The molecule has 1 rings (SSSR count). The number of hydrogen-bond donors (Lipinski definition) is 2. The first-order valence-electron chi connectivity index (χ1n) is 8.83. The summed E-state index contributed by atoms with van der Waals surface area (Å²) in [5, 5.41) is 5.70. The zero-order chi connectivity index (χ0) is 18.8. The van der Waals surface area contributed by atoms with Crippen LogP contribution >= 0.6 is 15.9 Å². The predicted octanol–water partition coefficient (Wildman–Crippen LogP) is 4.16. The molecule has 1 aromatic rings. The van der Waals surface area contributed by atoms with Gasteiger partial charge in [-0.05, 0) is 42.4 Å². The highest BCUT2D eigenvalue weighted by molar-refractivity contribution is 9.10. The Balaban J connectivity index is 2.91. The zero-order valence-corrected chi connectivity index (χ0v) is 17.2. The summed E-state index contributed by atoms with van der Waals surface area (Å²) in [5.41, 5.74) is 0.940. The molecule has 4 nitrogen and oxygen atoms in total. The van der Waals surface area contributed by atoms with E-state index < -0.39 is 0 Å². The molecule has 0 saturated heterocycles. The van der Waals surface area contributed by atoms with Crippen LogP contribution in [0.15, 0.2) is 34.3 Å². The Hall–Kier alpha value is -1.62. The van der Waals surface area contributed by atoms with E-state index in [1.54, 1.807) is 6.08 Å². The lowest BCUT2D eigenvalue weighted by Gasteiger charge is -2.12. The van der Waals surface area contributed by atoms with Crippen LogP contribution in [0.3, 0.4) is 0 Å². The van der Waals surface area contributed by atoms with E-state index in [1.165, 1.54) is 0 Å². The van der Waals surface area contributed by atoms with Gasteiger partial charge in [-0.3, -0.25) is 9.59 Å². The first-order valence-corrected chi connectivity index (χ1v) is 9.63. The smallest absolute Gasteiger partial charge is 0.256 e. The van der Waals surface area contributed by atoms with Gasteiger partial charge in [0.05, 0.1) is 0 Å². The number of carbonyl (C=O) groups excluding carboxylic acids is 2. The molecule has 0 aromatic heterocycles. The second kappa shape index (κ2) is 11.1. The van der Waals surface area contributed by atoms with Crippen molar-refractivity contribution in [1.29, 1.82) is 0 Å². The summed E-state index contributed by atoms with van der Waals surface area (Å²) in [7, 11) is 0. The Morgan fingerprint density at radius 2 is 1.44 bits per heavy atom. The largest absolute Gasteiger partial charge is 0.352 e. The normalized spacial score (nSPS) is 10.7. The van der Waals surface area contributed by atoms with Crippen molar-refractivity contribution in [2.24, 2.45) is 11.8 Å². The molecule has 25 heavy (non-hydrogen) atoms. The summed E-state index contributed by atoms with van der Waals surface area (Å²) in [4.78, 5) is 25.0. The van der Waals surface area contributed by atoms with Crippen LogP contribution in [0, 0.1) is 11.8 Å². The number of nitrogens with one attached hydrogen (secondary N) is 2. The lowest BCUT2D eigenvalue weighted by atomic mass is 10.1. The number of hydrogen-bond acceptors (Lipinski definition) is 2. The van der Waals surface area contributed by atoms with E-state index in [0.717, 1.165) is 22.9 Å². The van der Waals surface area contributed by atoms with Gasteiger partial charge in [0.15, 0.2) is 0 Å². The summed E-state index contributed by atoms with van der Waals surface area (Å²) < 4.78 is 0.845. The molecule has 0 spiro atoms. The third-order valence-electron chi connectivity index (χ3n) is 3.71. The minimum atomic E-state index is -0.335. The minimum absolute atomic E-state index is 0.138.